The van der Waals surface area contributed by atoms with Crippen LogP contribution in [0, 0.1) is 5.92 Å². The van der Waals surface area contributed by atoms with E-state index in [9.17, 15) is 4.79 Å². The van der Waals surface area contributed by atoms with Crippen LogP contribution in [0.5, 0.6) is 0 Å². The van der Waals surface area contributed by atoms with Crippen molar-refractivity contribution in [3.8, 4) is 0 Å². The Bertz CT molecular complexity index is 410. The van der Waals surface area contributed by atoms with E-state index in [4.69, 9.17) is 0 Å². The minimum absolute atomic E-state index is 0.0179. The van der Waals surface area contributed by atoms with Gasteiger partial charge in [-0.25, -0.2) is 9.97 Å². The summed E-state index contributed by atoms with van der Waals surface area (Å²) in [4.78, 5) is 22.5. The summed E-state index contributed by atoms with van der Waals surface area (Å²) in [5.74, 6) is 1.14. The molecule has 5 nitrogen and oxygen atoms in total. The average Bonchev–Trinajstić information content (AvgIpc) is 2.39. The lowest BCUT2D eigenvalue weighted by Crippen LogP contribution is -2.30. The van der Waals surface area contributed by atoms with Gasteiger partial charge in [-0.05, 0) is 25.2 Å². The molecular weight excluding hydrogens is 240 g/mol. The maximum Gasteiger partial charge on any atom is 0.225 e. The van der Waals surface area contributed by atoms with Crippen molar-refractivity contribution in [1.29, 1.82) is 0 Å². The van der Waals surface area contributed by atoms with E-state index in [1.165, 1.54) is 19.3 Å². The summed E-state index contributed by atoms with van der Waals surface area (Å²) in [7, 11) is 0. The monoisotopic (exact) mass is 262 g/mol. The van der Waals surface area contributed by atoms with Crippen molar-refractivity contribution in [2.45, 2.75) is 39.5 Å². The molecule has 1 amide bonds. The first-order chi connectivity index (χ1) is 9.15. The van der Waals surface area contributed by atoms with Crippen molar-refractivity contribution in [2.75, 3.05) is 23.3 Å². The second-order valence-corrected chi connectivity index (χ2v) is 5.47. The Morgan fingerprint density at radius 3 is 2.47 bits per heavy atom. The summed E-state index contributed by atoms with van der Waals surface area (Å²) in [6.07, 6.45) is 7.60. The van der Waals surface area contributed by atoms with Gasteiger partial charge in [-0.1, -0.05) is 13.8 Å². The first-order valence-corrected chi connectivity index (χ1v) is 7.02. The van der Waals surface area contributed by atoms with E-state index in [1.54, 1.807) is 12.4 Å². The van der Waals surface area contributed by atoms with E-state index in [-0.39, 0.29) is 5.91 Å². The van der Waals surface area contributed by atoms with Gasteiger partial charge in [0.15, 0.2) is 0 Å². The molecule has 0 radical (unpaired) electrons. The van der Waals surface area contributed by atoms with Crippen LogP contribution in [-0.2, 0) is 4.79 Å². The first-order valence-electron chi connectivity index (χ1n) is 7.02. The zero-order valence-corrected chi connectivity index (χ0v) is 11.7. The molecule has 1 aliphatic heterocycles. The predicted molar refractivity (Wildman–Crippen MR) is 76.2 cm³/mol. The van der Waals surface area contributed by atoms with E-state index in [0.29, 0.717) is 18.0 Å². The van der Waals surface area contributed by atoms with E-state index in [1.807, 2.05) is 13.8 Å². The van der Waals surface area contributed by atoms with E-state index < -0.39 is 0 Å². The maximum atomic E-state index is 11.6. The fourth-order valence-corrected chi connectivity index (χ4v) is 2.23. The highest BCUT2D eigenvalue weighted by atomic mass is 16.1. The number of carbonyl (C=O) groups is 1. The normalized spacial score (nSPS) is 15.6. The molecule has 0 bridgehead atoms. The quantitative estimate of drug-likeness (QED) is 0.905. The molecule has 1 N–H and O–H groups in total. The Balaban J connectivity index is 1.92. The zero-order chi connectivity index (χ0) is 13.7. The van der Waals surface area contributed by atoms with Crippen molar-refractivity contribution in [1.82, 2.24) is 9.97 Å². The van der Waals surface area contributed by atoms with Crippen LogP contribution in [0.25, 0.3) is 0 Å². The van der Waals surface area contributed by atoms with Gasteiger partial charge in [-0.15, -0.1) is 0 Å². The molecule has 1 aliphatic rings. The van der Waals surface area contributed by atoms with Gasteiger partial charge in [0.1, 0.15) is 0 Å². The van der Waals surface area contributed by atoms with Crippen LogP contribution in [0.2, 0.25) is 0 Å². The fourth-order valence-electron chi connectivity index (χ4n) is 2.23. The smallest absolute Gasteiger partial charge is 0.225 e. The van der Waals surface area contributed by atoms with E-state index >= 15 is 0 Å². The number of nitrogens with zero attached hydrogens (tertiary/aromatic N) is 3. The Kier molecular flexibility index (Phi) is 4.71. The largest absolute Gasteiger partial charge is 0.341 e. The van der Waals surface area contributed by atoms with Crippen LogP contribution >= 0.6 is 0 Å². The molecule has 1 aromatic heterocycles. The molecule has 19 heavy (non-hydrogen) atoms. The Morgan fingerprint density at radius 2 is 1.89 bits per heavy atom. The third-order valence-electron chi connectivity index (χ3n) is 3.15. The fraction of sp³-hybridized carbons (Fsp3) is 0.643. The summed E-state index contributed by atoms with van der Waals surface area (Å²) in [5.41, 5.74) is 0.673. The molecule has 1 aromatic rings. The molecular formula is C14H22N4O. The summed E-state index contributed by atoms with van der Waals surface area (Å²) in [5, 5.41) is 2.82. The van der Waals surface area contributed by atoms with Crippen molar-refractivity contribution in [3.63, 3.8) is 0 Å². The van der Waals surface area contributed by atoms with E-state index in [2.05, 4.69) is 20.2 Å². The Labute approximate surface area is 114 Å². The molecule has 104 valence electrons. The standard InChI is InChI=1S/C14H22N4O/c1-11(2)8-13(19)17-12-9-15-14(16-10-12)18-6-4-3-5-7-18/h9-11H,3-8H2,1-2H3,(H,17,19). The summed E-state index contributed by atoms with van der Waals surface area (Å²) in [6.45, 7) is 6.10. The van der Waals surface area contributed by atoms with Gasteiger partial charge in [-0.2, -0.15) is 0 Å². The number of piperidine rings is 1. The van der Waals surface area contributed by atoms with Crippen LogP contribution in [-0.4, -0.2) is 29.0 Å². The molecule has 0 atom stereocenters. The highest BCUT2D eigenvalue weighted by molar-refractivity contribution is 5.90. The second kappa shape index (κ2) is 6.50. The molecule has 0 spiro atoms. The molecule has 0 aliphatic carbocycles. The van der Waals surface area contributed by atoms with Crippen LogP contribution in [0.15, 0.2) is 12.4 Å². The molecule has 2 heterocycles. The number of amides is 1. The van der Waals surface area contributed by atoms with Crippen molar-refractivity contribution >= 4 is 17.5 Å². The third-order valence-corrected chi connectivity index (χ3v) is 3.15. The third kappa shape index (κ3) is 4.19. The molecule has 1 saturated heterocycles. The van der Waals surface area contributed by atoms with Gasteiger partial charge in [-0.3, -0.25) is 4.79 Å². The van der Waals surface area contributed by atoms with Crippen molar-refractivity contribution in [3.05, 3.63) is 12.4 Å². The van der Waals surface area contributed by atoms with Gasteiger partial charge in [0.25, 0.3) is 0 Å². The lowest BCUT2D eigenvalue weighted by molar-refractivity contribution is -0.116. The summed E-state index contributed by atoms with van der Waals surface area (Å²) >= 11 is 0. The minimum atomic E-state index is 0.0179. The lowest BCUT2D eigenvalue weighted by atomic mass is 10.1. The minimum Gasteiger partial charge on any atom is -0.341 e. The Hall–Kier alpha value is -1.65. The topological polar surface area (TPSA) is 58.1 Å². The maximum absolute atomic E-state index is 11.6. The van der Waals surface area contributed by atoms with Gasteiger partial charge >= 0.3 is 0 Å². The lowest BCUT2D eigenvalue weighted by Gasteiger charge is -2.26. The highest BCUT2D eigenvalue weighted by Gasteiger charge is 2.13. The summed E-state index contributed by atoms with van der Waals surface area (Å²) < 4.78 is 0. The molecule has 0 saturated carbocycles. The average molecular weight is 262 g/mol. The van der Waals surface area contributed by atoms with Gasteiger partial charge < -0.3 is 10.2 Å². The Morgan fingerprint density at radius 1 is 1.26 bits per heavy atom. The SMILES string of the molecule is CC(C)CC(=O)Nc1cnc(N2CCCCC2)nc1. The predicted octanol–water partition coefficient (Wildman–Crippen LogP) is 2.45. The van der Waals surface area contributed by atoms with Gasteiger partial charge in [0.2, 0.25) is 11.9 Å². The molecule has 5 heteroatoms. The molecule has 2 rings (SSSR count). The number of carbonyl (C=O) groups excluding carboxylic acids is 1. The number of rotatable bonds is 4. The number of nitrogens with one attached hydrogen (secondary N) is 1. The van der Waals surface area contributed by atoms with Crippen LogP contribution in [0.3, 0.4) is 0 Å². The van der Waals surface area contributed by atoms with Crippen LogP contribution in [0.4, 0.5) is 11.6 Å². The van der Waals surface area contributed by atoms with Crippen molar-refractivity contribution in [2.24, 2.45) is 5.92 Å². The van der Waals surface area contributed by atoms with Gasteiger partial charge in [0.05, 0.1) is 18.1 Å². The molecule has 0 unspecified atom stereocenters. The number of anilines is 2. The highest BCUT2D eigenvalue weighted by Crippen LogP contribution is 2.16. The number of hydrogen-bond acceptors (Lipinski definition) is 4. The van der Waals surface area contributed by atoms with Crippen molar-refractivity contribution < 1.29 is 4.79 Å². The molecule has 0 aromatic carbocycles. The van der Waals surface area contributed by atoms with Crippen LogP contribution < -0.4 is 10.2 Å². The number of hydrogen-bond donors (Lipinski definition) is 1. The summed E-state index contributed by atoms with van der Waals surface area (Å²) in [6, 6.07) is 0. The van der Waals surface area contributed by atoms with Gasteiger partial charge in [0, 0.05) is 19.5 Å². The van der Waals surface area contributed by atoms with Crippen LogP contribution in [0.1, 0.15) is 39.5 Å². The van der Waals surface area contributed by atoms with E-state index in [0.717, 1.165) is 19.0 Å². The zero-order valence-electron chi connectivity index (χ0n) is 11.7. The molecule has 1 fully saturated rings. The first kappa shape index (κ1) is 13.8. The second-order valence-electron chi connectivity index (χ2n) is 5.47. The number of aromatic nitrogens is 2.